The second kappa shape index (κ2) is 6.03. The summed E-state index contributed by atoms with van der Waals surface area (Å²) in [5, 5.41) is 29.2. The van der Waals surface area contributed by atoms with Crippen LogP contribution in [0.3, 0.4) is 0 Å². The molecule has 0 spiro atoms. The molecule has 0 aliphatic carbocycles. The number of benzene rings is 2. The Morgan fingerprint density at radius 3 is 2.48 bits per heavy atom. The van der Waals surface area contributed by atoms with Crippen LogP contribution in [0.2, 0.25) is 0 Å². The zero-order valence-electron chi connectivity index (χ0n) is 11.2. The number of nitrogens with zero attached hydrogens (tertiary/aromatic N) is 2. The van der Waals surface area contributed by atoms with E-state index in [0.717, 1.165) is 0 Å². The standard InChI is InChI=1S/C15H12N2O4/c1-10(18)14-7-2-11(9-16)8-15(14)21-13-5-3-12(4-6-13)17(19)20/h2-8,10,18H,1H3/t10-/m0/s1. The van der Waals surface area contributed by atoms with E-state index in [2.05, 4.69) is 0 Å². The van der Waals surface area contributed by atoms with Gasteiger partial charge in [0, 0.05) is 17.7 Å². The molecule has 2 rings (SSSR count). The van der Waals surface area contributed by atoms with Crippen molar-refractivity contribution in [1.82, 2.24) is 0 Å². The van der Waals surface area contributed by atoms with Gasteiger partial charge in [0.1, 0.15) is 11.5 Å². The first-order valence-electron chi connectivity index (χ1n) is 6.15. The third-order valence-corrected chi connectivity index (χ3v) is 2.87. The fraction of sp³-hybridized carbons (Fsp3) is 0.133. The molecular formula is C15H12N2O4. The Labute approximate surface area is 121 Å². The highest BCUT2D eigenvalue weighted by atomic mass is 16.6. The predicted molar refractivity (Wildman–Crippen MR) is 75.0 cm³/mol. The molecule has 0 saturated carbocycles. The van der Waals surface area contributed by atoms with Crippen LogP contribution in [0.4, 0.5) is 5.69 Å². The fourth-order valence-corrected chi connectivity index (χ4v) is 1.80. The Morgan fingerprint density at radius 1 is 1.29 bits per heavy atom. The molecule has 2 aromatic rings. The van der Waals surface area contributed by atoms with Gasteiger partial charge in [-0.25, -0.2) is 0 Å². The van der Waals surface area contributed by atoms with Crippen LogP contribution in [0.15, 0.2) is 42.5 Å². The monoisotopic (exact) mass is 284 g/mol. The number of ether oxygens (including phenoxy) is 1. The Morgan fingerprint density at radius 2 is 1.95 bits per heavy atom. The van der Waals surface area contributed by atoms with E-state index < -0.39 is 11.0 Å². The number of non-ortho nitro benzene ring substituents is 1. The van der Waals surface area contributed by atoms with Crippen molar-refractivity contribution in [2.24, 2.45) is 0 Å². The van der Waals surface area contributed by atoms with E-state index in [-0.39, 0.29) is 5.69 Å². The van der Waals surface area contributed by atoms with Gasteiger partial charge in [0.2, 0.25) is 0 Å². The molecular weight excluding hydrogens is 272 g/mol. The van der Waals surface area contributed by atoms with Crippen molar-refractivity contribution in [3.05, 3.63) is 63.7 Å². The van der Waals surface area contributed by atoms with E-state index >= 15 is 0 Å². The fourth-order valence-electron chi connectivity index (χ4n) is 1.80. The third-order valence-electron chi connectivity index (χ3n) is 2.87. The lowest BCUT2D eigenvalue weighted by Crippen LogP contribution is -1.97. The number of rotatable bonds is 4. The van der Waals surface area contributed by atoms with Crippen molar-refractivity contribution in [3.63, 3.8) is 0 Å². The first kappa shape index (κ1) is 14.5. The van der Waals surface area contributed by atoms with Crippen molar-refractivity contribution in [3.8, 4) is 17.6 Å². The first-order valence-corrected chi connectivity index (χ1v) is 6.15. The number of nitro groups is 1. The summed E-state index contributed by atoms with van der Waals surface area (Å²) < 4.78 is 5.61. The summed E-state index contributed by atoms with van der Waals surface area (Å²) in [6.45, 7) is 1.59. The number of aliphatic hydroxyl groups is 1. The normalized spacial score (nSPS) is 11.5. The lowest BCUT2D eigenvalue weighted by Gasteiger charge is -2.13. The number of hydrogen-bond acceptors (Lipinski definition) is 5. The molecule has 0 aliphatic rings. The number of aliphatic hydroxyl groups excluding tert-OH is 1. The van der Waals surface area contributed by atoms with Gasteiger partial charge < -0.3 is 9.84 Å². The highest BCUT2D eigenvalue weighted by molar-refractivity contribution is 5.46. The second-order valence-corrected chi connectivity index (χ2v) is 4.39. The van der Waals surface area contributed by atoms with Crippen LogP contribution in [0.5, 0.6) is 11.5 Å². The van der Waals surface area contributed by atoms with E-state index in [1.165, 1.54) is 30.3 Å². The summed E-state index contributed by atoms with van der Waals surface area (Å²) in [6.07, 6.45) is -0.759. The minimum atomic E-state index is -0.759. The van der Waals surface area contributed by atoms with Crippen molar-refractivity contribution < 1.29 is 14.8 Å². The Balaban J connectivity index is 2.33. The van der Waals surface area contributed by atoms with Crippen LogP contribution < -0.4 is 4.74 Å². The van der Waals surface area contributed by atoms with Gasteiger partial charge in [-0.1, -0.05) is 6.07 Å². The van der Waals surface area contributed by atoms with E-state index in [4.69, 9.17) is 10.00 Å². The lowest BCUT2D eigenvalue weighted by atomic mass is 10.1. The maximum absolute atomic E-state index is 10.6. The molecule has 1 atom stereocenters. The van der Waals surface area contributed by atoms with E-state index in [1.54, 1.807) is 19.1 Å². The summed E-state index contributed by atoms with van der Waals surface area (Å²) in [5.74, 6) is 0.732. The highest BCUT2D eigenvalue weighted by Crippen LogP contribution is 2.31. The smallest absolute Gasteiger partial charge is 0.269 e. The van der Waals surface area contributed by atoms with Gasteiger partial charge in [-0.2, -0.15) is 5.26 Å². The molecule has 106 valence electrons. The maximum Gasteiger partial charge on any atom is 0.269 e. The summed E-state index contributed by atoms with van der Waals surface area (Å²) in [5.41, 5.74) is 0.896. The van der Waals surface area contributed by atoms with Gasteiger partial charge in [-0.05, 0) is 31.2 Å². The molecule has 21 heavy (non-hydrogen) atoms. The molecule has 0 amide bonds. The summed E-state index contributed by atoms with van der Waals surface area (Å²) in [6, 6.07) is 12.3. The van der Waals surface area contributed by atoms with E-state index in [1.807, 2.05) is 6.07 Å². The topological polar surface area (TPSA) is 96.4 Å². The predicted octanol–water partition coefficient (Wildman–Crippen LogP) is 3.31. The summed E-state index contributed by atoms with van der Waals surface area (Å²) in [7, 11) is 0. The van der Waals surface area contributed by atoms with Gasteiger partial charge in [0.15, 0.2) is 0 Å². The van der Waals surface area contributed by atoms with Crippen LogP contribution in [-0.4, -0.2) is 10.0 Å². The van der Waals surface area contributed by atoms with Crippen LogP contribution in [0.1, 0.15) is 24.2 Å². The molecule has 2 aromatic carbocycles. The number of nitriles is 1. The molecule has 0 unspecified atom stereocenters. The van der Waals surface area contributed by atoms with Crippen molar-refractivity contribution >= 4 is 5.69 Å². The summed E-state index contributed by atoms with van der Waals surface area (Å²) >= 11 is 0. The van der Waals surface area contributed by atoms with Crippen LogP contribution in [0, 0.1) is 21.4 Å². The molecule has 0 heterocycles. The van der Waals surface area contributed by atoms with Crippen LogP contribution >= 0.6 is 0 Å². The molecule has 0 aliphatic heterocycles. The molecule has 6 nitrogen and oxygen atoms in total. The van der Waals surface area contributed by atoms with Gasteiger partial charge >= 0.3 is 0 Å². The Hall–Kier alpha value is -2.91. The minimum absolute atomic E-state index is 0.0381. The first-order chi connectivity index (χ1) is 10.0. The van der Waals surface area contributed by atoms with Gasteiger partial charge in [-0.15, -0.1) is 0 Å². The SMILES string of the molecule is C[C@H](O)c1ccc(C#N)cc1Oc1ccc([N+](=O)[O-])cc1. The number of nitro benzene ring substituents is 1. The zero-order chi connectivity index (χ0) is 15.4. The van der Waals surface area contributed by atoms with Gasteiger partial charge in [0.05, 0.1) is 22.7 Å². The van der Waals surface area contributed by atoms with Crippen LogP contribution in [-0.2, 0) is 0 Å². The molecule has 0 radical (unpaired) electrons. The molecule has 0 fully saturated rings. The average molecular weight is 284 g/mol. The Kier molecular flexibility index (Phi) is 4.16. The third kappa shape index (κ3) is 3.35. The minimum Gasteiger partial charge on any atom is -0.457 e. The zero-order valence-corrected chi connectivity index (χ0v) is 11.2. The quantitative estimate of drug-likeness (QED) is 0.686. The number of hydrogen-bond donors (Lipinski definition) is 1. The van der Waals surface area contributed by atoms with Crippen molar-refractivity contribution in [1.29, 1.82) is 5.26 Å². The Bertz CT molecular complexity index is 703. The van der Waals surface area contributed by atoms with Crippen molar-refractivity contribution in [2.75, 3.05) is 0 Å². The molecule has 0 saturated heterocycles. The van der Waals surface area contributed by atoms with Gasteiger partial charge in [-0.3, -0.25) is 10.1 Å². The highest BCUT2D eigenvalue weighted by Gasteiger charge is 2.12. The average Bonchev–Trinajstić information content (AvgIpc) is 2.47. The maximum atomic E-state index is 10.6. The molecule has 1 N–H and O–H groups in total. The van der Waals surface area contributed by atoms with E-state index in [9.17, 15) is 15.2 Å². The van der Waals surface area contributed by atoms with Crippen LogP contribution in [0.25, 0.3) is 0 Å². The van der Waals surface area contributed by atoms with Gasteiger partial charge in [0.25, 0.3) is 5.69 Å². The second-order valence-electron chi connectivity index (χ2n) is 4.39. The molecule has 6 heteroatoms. The lowest BCUT2D eigenvalue weighted by molar-refractivity contribution is -0.384. The van der Waals surface area contributed by atoms with Crippen molar-refractivity contribution in [2.45, 2.75) is 13.0 Å². The molecule has 0 bridgehead atoms. The van der Waals surface area contributed by atoms with E-state index in [0.29, 0.717) is 22.6 Å². The molecule has 0 aromatic heterocycles. The largest absolute Gasteiger partial charge is 0.457 e. The summed E-state index contributed by atoms with van der Waals surface area (Å²) in [4.78, 5) is 10.1.